The Morgan fingerprint density at radius 1 is 1.24 bits per heavy atom. The number of aromatic nitrogens is 1. The fourth-order valence-electron chi connectivity index (χ4n) is 3.64. The Hall–Kier alpha value is -3.07. The van der Waals surface area contributed by atoms with Crippen molar-refractivity contribution in [1.29, 1.82) is 0 Å². The molecule has 0 unspecified atom stereocenters. The van der Waals surface area contributed by atoms with Crippen LogP contribution in [0.15, 0.2) is 30.3 Å². The van der Waals surface area contributed by atoms with Crippen molar-refractivity contribution in [3.63, 3.8) is 0 Å². The summed E-state index contributed by atoms with van der Waals surface area (Å²) < 4.78 is 27.1. The normalized spacial score (nSPS) is 16.4. The zero-order valence-corrected chi connectivity index (χ0v) is 16.4. The summed E-state index contributed by atoms with van der Waals surface area (Å²) in [6, 6.07) is 6.06. The molecule has 29 heavy (non-hydrogen) atoms. The number of nitrogen functional groups attached to an aromatic ring is 1. The Kier molecular flexibility index (Phi) is 4.91. The Morgan fingerprint density at radius 2 is 1.97 bits per heavy atom. The van der Waals surface area contributed by atoms with Crippen molar-refractivity contribution in [3.05, 3.63) is 58.1 Å². The smallest absolute Gasteiger partial charge is 0.263 e. The second-order valence-corrected chi connectivity index (χ2v) is 7.83. The molecule has 150 valence electrons. The zero-order chi connectivity index (χ0) is 20.7. The maximum absolute atomic E-state index is 13.5. The molecule has 1 aliphatic rings. The van der Waals surface area contributed by atoms with E-state index in [4.69, 9.17) is 5.73 Å². The van der Waals surface area contributed by atoms with Gasteiger partial charge < -0.3 is 16.0 Å². The zero-order valence-electron chi connectivity index (χ0n) is 15.5. The van der Waals surface area contributed by atoms with E-state index in [1.165, 1.54) is 18.4 Å². The molecule has 3 heterocycles. The van der Waals surface area contributed by atoms with Crippen molar-refractivity contribution >= 4 is 39.1 Å². The molecule has 1 fully saturated rings. The number of benzene rings is 1. The van der Waals surface area contributed by atoms with E-state index >= 15 is 0 Å². The third-order valence-corrected chi connectivity index (χ3v) is 6.13. The van der Waals surface area contributed by atoms with E-state index in [-0.39, 0.29) is 17.5 Å². The molecule has 3 aromatic rings. The van der Waals surface area contributed by atoms with Crippen LogP contribution in [0.4, 0.5) is 14.5 Å². The SMILES string of the molecule is CNC(=O)c1sc2nc([C@H]3CCCN3C(=O)c3cc(F)cc(F)c3)ccc2c1N. The lowest BCUT2D eigenvalue weighted by molar-refractivity contribution is 0.0732. The number of amides is 2. The lowest BCUT2D eigenvalue weighted by atomic mass is 10.1. The average Bonchev–Trinajstić information content (AvgIpc) is 3.31. The van der Waals surface area contributed by atoms with Gasteiger partial charge in [-0.3, -0.25) is 9.59 Å². The number of rotatable bonds is 3. The summed E-state index contributed by atoms with van der Waals surface area (Å²) in [7, 11) is 1.53. The van der Waals surface area contributed by atoms with Crippen LogP contribution in [0.25, 0.3) is 10.2 Å². The van der Waals surface area contributed by atoms with E-state index in [1.807, 2.05) is 0 Å². The van der Waals surface area contributed by atoms with Gasteiger partial charge in [0.2, 0.25) is 0 Å². The van der Waals surface area contributed by atoms with Crippen LogP contribution in [0.1, 0.15) is 44.6 Å². The monoisotopic (exact) mass is 416 g/mol. The lowest BCUT2D eigenvalue weighted by Gasteiger charge is -2.24. The fraction of sp³-hybridized carbons (Fsp3) is 0.250. The molecule has 1 saturated heterocycles. The molecule has 2 amide bonds. The number of hydrogen-bond donors (Lipinski definition) is 2. The van der Waals surface area contributed by atoms with E-state index in [2.05, 4.69) is 10.3 Å². The van der Waals surface area contributed by atoms with Crippen molar-refractivity contribution < 1.29 is 18.4 Å². The van der Waals surface area contributed by atoms with E-state index in [1.54, 1.807) is 17.0 Å². The van der Waals surface area contributed by atoms with Crippen LogP contribution < -0.4 is 11.1 Å². The van der Waals surface area contributed by atoms with Gasteiger partial charge in [0.15, 0.2) is 0 Å². The van der Waals surface area contributed by atoms with Crippen molar-refractivity contribution in [2.45, 2.75) is 18.9 Å². The minimum atomic E-state index is -0.792. The van der Waals surface area contributed by atoms with Crippen LogP contribution in [-0.2, 0) is 0 Å². The molecule has 0 saturated carbocycles. The van der Waals surface area contributed by atoms with Gasteiger partial charge in [0, 0.05) is 30.6 Å². The predicted octanol–water partition coefficient (Wildman–Crippen LogP) is 3.49. The Balaban J connectivity index is 1.68. The molecule has 6 nitrogen and oxygen atoms in total. The number of nitrogens with zero attached hydrogens (tertiary/aromatic N) is 2. The van der Waals surface area contributed by atoms with Crippen LogP contribution >= 0.6 is 11.3 Å². The van der Waals surface area contributed by atoms with E-state index in [0.29, 0.717) is 39.4 Å². The summed E-state index contributed by atoms with van der Waals surface area (Å²) in [6.07, 6.45) is 1.44. The molecule has 1 atom stereocenters. The Labute approximate surface area is 169 Å². The molecule has 0 spiro atoms. The lowest BCUT2D eigenvalue weighted by Crippen LogP contribution is -2.31. The number of nitrogens with two attached hydrogens (primary N) is 1. The van der Waals surface area contributed by atoms with E-state index in [0.717, 1.165) is 24.6 Å². The molecule has 3 N–H and O–H groups in total. The summed E-state index contributed by atoms with van der Waals surface area (Å²) in [4.78, 5) is 32.1. The fourth-order valence-corrected chi connectivity index (χ4v) is 4.69. The molecule has 0 bridgehead atoms. The van der Waals surface area contributed by atoms with Crippen LogP contribution in [-0.4, -0.2) is 35.3 Å². The highest BCUT2D eigenvalue weighted by molar-refractivity contribution is 7.21. The maximum atomic E-state index is 13.5. The number of likely N-dealkylation sites (tertiary alicyclic amines) is 1. The standard InChI is InChI=1S/C20H18F2N4O2S/c1-24-18(27)17-16(23)13-4-5-14(25-19(13)29-17)15-3-2-6-26(15)20(28)10-7-11(21)9-12(22)8-10/h4-5,7-9,15H,2-3,6,23H2,1H3,(H,24,27)/t15-/m1/s1. The summed E-state index contributed by atoms with van der Waals surface area (Å²) in [5.41, 5.74) is 7.07. The van der Waals surface area contributed by atoms with E-state index < -0.39 is 17.5 Å². The van der Waals surface area contributed by atoms with Crippen molar-refractivity contribution in [3.8, 4) is 0 Å². The largest absolute Gasteiger partial charge is 0.397 e. The second-order valence-electron chi connectivity index (χ2n) is 6.83. The number of nitrogens with one attached hydrogen (secondary N) is 1. The maximum Gasteiger partial charge on any atom is 0.263 e. The molecule has 2 aromatic heterocycles. The van der Waals surface area contributed by atoms with Crippen LogP contribution in [0.5, 0.6) is 0 Å². The number of thiophene rings is 1. The Morgan fingerprint density at radius 3 is 2.66 bits per heavy atom. The highest BCUT2D eigenvalue weighted by atomic mass is 32.1. The van der Waals surface area contributed by atoms with Gasteiger partial charge in [0.25, 0.3) is 11.8 Å². The summed E-state index contributed by atoms with van der Waals surface area (Å²) in [6.45, 7) is 0.470. The number of carbonyl (C=O) groups excluding carboxylic acids is 2. The first-order valence-corrected chi connectivity index (χ1v) is 9.88. The van der Waals surface area contributed by atoms with Gasteiger partial charge in [-0.15, -0.1) is 11.3 Å². The van der Waals surface area contributed by atoms with Gasteiger partial charge in [-0.1, -0.05) is 0 Å². The summed E-state index contributed by atoms with van der Waals surface area (Å²) >= 11 is 1.19. The molecule has 1 aliphatic heterocycles. The average molecular weight is 416 g/mol. The number of pyridine rings is 1. The second kappa shape index (κ2) is 7.40. The topological polar surface area (TPSA) is 88.3 Å². The van der Waals surface area contributed by atoms with Gasteiger partial charge in [-0.25, -0.2) is 13.8 Å². The van der Waals surface area contributed by atoms with Gasteiger partial charge in [0.1, 0.15) is 21.3 Å². The summed E-state index contributed by atoms with van der Waals surface area (Å²) in [5.74, 6) is -2.30. The molecule has 0 aliphatic carbocycles. The number of fused-ring (bicyclic) bond motifs is 1. The molecule has 9 heteroatoms. The minimum Gasteiger partial charge on any atom is -0.397 e. The molecular weight excluding hydrogens is 398 g/mol. The Bertz CT molecular complexity index is 1110. The highest BCUT2D eigenvalue weighted by Crippen LogP contribution is 2.37. The highest BCUT2D eigenvalue weighted by Gasteiger charge is 2.32. The van der Waals surface area contributed by atoms with Crippen molar-refractivity contribution in [2.75, 3.05) is 19.3 Å². The first kappa shape index (κ1) is 19.3. The number of anilines is 1. The van der Waals surface area contributed by atoms with Crippen molar-refractivity contribution in [1.82, 2.24) is 15.2 Å². The molecule has 0 radical (unpaired) electrons. The summed E-state index contributed by atoms with van der Waals surface area (Å²) in [5, 5.41) is 3.23. The first-order valence-electron chi connectivity index (χ1n) is 9.07. The number of hydrogen-bond acceptors (Lipinski definition) is 5. The van der Waals surface area contributed by atoms with Gasteiger partial charge >= 0.3 is 0 Å². The van der Waals surface area contributed by atoms with Crippen LogP contribution in [0.2, 0.25) is 0 Å². The van der Waals surface area contributed by atoms with Crippen molar-refractivity contribution in [2.24, 2.45) is 0 Å². The number of carbonyl (C=O) groups is 2. The number of halogens is 2. The van der Waals surface area contributed by atoms with E-state index in [9.17, 15) is 18.4 Å². The van der Waals surface area contributed by atoms with Gasteiger partial charge in [0.05, 0.1) is 17.4 Å². The third kappa shape index (κ3) is 3.42. The van der Waals surface area contributed by atoms with Crippen LogP contribution in [0, 0.1) is 11.6 Å². The first-order chi connectivity index (χ1) is 13.9. The predicted molar refractivity (Wildman–Crippen MR) is 107 cm³/mol. The van der Waals surface area contributed by atoms with Gasteiger partial charge in [-0.05, 0) is 37.1 Å². The molecule has 4 rings (SSSR count). The molecule has 1 aromatic carbocycles. The quantitative estimate of drug-likeness (QED) is 0.684. The third-order valence-electron chi connectivity index (χ3n) is 5.01. The minimum absolute atomic E-state index is 0.0299. The van der Waals surface area contributed by atoms with Gasteiger partial charge in [-0.2, -0.15) is 0 Å². The van der Waals surface area contributed by atoms with Crippen LogP contribution in [0.3, 0.4) is 0 Å². The molecular formula is C20H18F2N4O2S.